The maximum absolute atomic E-state index is 12.4. The molecule has 0 spiro atoms. The fourth-order valence-electron chi connectivity index (χ4n) is 8.79. The van der Waals surface area contributed by atoms with Gasteiger partial charge in [-0.25, -0.2) is 15.0 Å². The fourth-order valence-corrected chi connectivity index (χ4v) is 8.79. The van der Waals surface area contributed by atoms with Gasteiger partial charge in [0.15, 0.2) is 0 Å². The Labute approximate surface area is 629 Å². The van der Waals surface area contributed by atoms with E-state index in [1.54, 1.807) is 36.8 Å². The maximum Gasteiger partial charge on any atom is 2.00 e. The van der Waals surface area contributed by atoms with Crippen molar-refractivity contribution in [2.24, 2.45) is 7.05 Å². The number of halogens is 9. The zero-order valence-electron chi connectivity index (χ0n) is 57.9. The van der Waals surface area contributed by atoms with Crippen molar-refractivity contribution in [2.45, 2.75) is 138 Å². The zero-order chi connectivity index (χ0) is 73.1. The maximum atomic E-state index is 12.4. The van der Waals surface area contributed by atoms with Crippen molar-refractivity contribution in [2.75, 3.05) is 0 Å². The van der Waals surface area contributed by atoms with Crippen molar-refractivity contribution < 1.29 is 103 Å². The van der Waals surface area contributed by atoms with Crippen LogP contribution in [-0.2, 0) is 105 Å². The third-order valence-electron chi connectivity index (χ3n) is 14.1. The number of aromatic nitrogens is 24. The van der Waals surface area contributed by atoms with Gasteiger partial charge in [0.25, 0.3) is 0 Å². The van der Waals surface area contributed by atoms with Crippen LogP contribution < -0.4 is 30.6 Å². The van der Waals surface area contributed by atoms with E-state index in [1.165, 1.54) is 18.6 Å². The number of nitrogens with zero attached hydrogens (tertiary/aromatic N) is 24. The minimum absolute atomic E-state index is 0. The summed E-state index contributed by atoms with van der Waals surface area (Å²) in [5, 5.41) is 43.4. The summed E-state index contributed by atoms with van der Waals surface area (Å²) in [4.78, 5) is 34.8. The van der Waals surface area contributed by atoms with Crippen LogP contribution in [0, 0.1) is 20.8 Å². The third kappa shape index (κ3) is 23.4. The van der Waals surface area contributed by atoms with Gasteiger partial charge in [0.2, 0.25) is 0 Å². The molecule has 0 saturated carbocycles. The Bertz CT molecular complexity index is 4470. The number of aryl methyl sites for hydroxylation is 4. The molecule has 0 fully saturated rings. The molecule has 12 heterocycles. The molecule has 13 rings (SSSR count). The molecule has 550 valence electrons. The predicted molar refractivity (Wildman–Crippen MR) is 350 cm³/mol. The van der Waals surface area contributed by atoms with E-state index in [2.05, 4.69) is 124 Å². The van der Waals surface area contributed by atoms with E-state index in [-0.39, 0.29) is 114 Å². The van der Waals surface area contributed by atoms with E-state index in [0.29, 0.717) is 6.04 Å². The van der Waals surface area contributed by atoms with Gasteiger partial charge < -0.3 is 74.5 Å². The minimum Gasteiger partial charge on any atom is -0.572 e. The van der Waals surface area contributed by atoms with Crippen LogP contribution in [0.4, 0.5) is 39.5 Å². The van der Waals surface area contributed by atoms with Gasteiger partial charge in [0.1, 0.15) is 34.9 Å². The normalized spacial score (nSPS) is 11.5. The second-order valence-electron chi connectivity index (χ2n) is 25.6. The van der Waals surface area contributed by atoms with Gasteiger partial charge in [-0.3, -0.25) is 30.2 Å². The topological polar surface area (TPSA) is 293 Å². The molecule has 0 aliphatic heterocycles. The summed E-state index contributed by atoms with van der Waals surface area (Å²) in [6.45, 7) is 28.0. The van der Waals surface area contributed by atoms with Gasteiger partial charge in [0, 0.05) is 91.6 Å². The average molecular weight is 1970 g/mol. The Hall–Kier alpha value is -9.22. The van der Waals surface area contributed by atoms with E-state index >= 15 is 0 Å². The molecular formula is C67H69F9N24Pt3. The van der Waals surface area contributed by atoms with Gasteiger partial charge in [-0.15, -0.1) is 0 Å². The molecule has 0 N–H and O–H groups in total. The van der Waals surface area contributed by atoms with Crippen molar-refractivity contribution in [3.8, 4) is 74.8 Å². The van der Waals surface area contributed by atoms with Crippen molar-refractivity contribution in [3.63, 3.8) is 0 Å². The summed E-state index contributed by atoms with van der Waals surface area (Å²) in [6, 6.07) is 26.7. The summed E-state index contributed by atoms with van der Waals surface area (Å²) in [6.07, 6.45) is 1.90. The van der Waals surface area contributed by atoms with E-state index in [1.807, 2.05) is 185 Å². The van der Waals surface area contributed by atoms with Gasteiger partial charge in [-0.2, -0.15) is 39.5 Å². The first-order valence-electron chi connectivity index (χ1n) is 30.6. The molecule has 0 unspecified atom stereocenters. The molecule has 0 bridgehead atoms. The Morgan fingerprint density at radius 3 is 1.01 bits per heavy atom. The van der Waals surface area contributed by atoms with Gasteiger partial charge >= 0.3 is 81.7 Å². The molecule has 13 aromatic rings. The van der Waals surface area contributed by atoms with Crippen LogP contribution in [0.5, 0.6) is 0 Å². The smallest absolute Gasteiger partial charge is 0.572 e. The largest absolute Gasteiger partial charge is 2.00 e. The Balaban J connectivity index is 0.000000222. The monoisotopic (exact) mass is 1970 g/mol. The fraction of sp³-hybridized carbons (Fsp3) is 0.328. The van der Waals surface area contributed by atoms with Crippen LogP contribution in [0.3, 0.4) is 0 Å². The Morgan fingerprint density at radius 1 is 0.369 bits per heavy atom. The first-order chi connectivity index (χ1) is 46.8. The van der Waals surface area contributed by atoms with Gasteiger partial charge in [0.05, 0.1) is 17.1 Å². The number of hydrogen-bond donors (Lipinski definition) is 0. The molecule has 0 radical (unpaired) electrons. The van der Waals surface area contributed by atoms with Crippen molar-refractivity contribution in [3.05, 3.63) is 192 Å². The minimum atomic E-state index is -4.59. The first kappa shape index (κ1) is 84.4. The van der Waals surface area contributed by atoms with E-state index < -0.39 is 36.0 Å². The molecule has 0 aliphatic rings. The van der Waals surface area contributed by atoms with E-state index in [9.17, 15) is 39.5 Å². The van der Waals surface area contributed by atoms with Crippen molar-refractivity contribution in [1.82, 2.24) is 120 Å². The quantitative estimate of drug-likeness (QED) is 0.128. The van der Waals surface area contributed by atoms with Crippen LogP contribution in [-0.4, -0.2) is 89.1 Å². The van der Waals surface area contributed by atoms with Crippen LogP contribution in [0.1, 0.15) is 133 Å². The Kier molecular flexibility index (Phi) is 28.9. The summed E-state index contributed by atoms with van der Waals surface area (Å²) in [5.74, 6) is -1.51. The second kappa shape index (κ2) is 35.3. The number of pyridine rings is 3. The molecular weight excluding hydrogens is 1900 g/mol. The number of alkyl halides is 9. The summed E-state index contributed by atoms with van der Waals surface area (Å²) < 4.78 is 118. The average Bonchev–Trinajstić information content (AvgIpc) is 1.79. The summed E-state index contributed by atoms with van der Waals surface area (Å²) in [5.41, 5.74) is 9.59. The van der Waals surface area contributed by atoms with Crippen LogP contribution in [0.15, 0.2) is 141 Å². The first-order valence-corrected chi connectivity index (χ1v) is 30.6. The Morgan fingerprint density at radius 2 is 0.699 bits per heavy atom. The summed E-state index contributed by atoms with van der Waals surface area (Å²) in [7, 11) is 1.94. The molecule has 0 aliphatic carbocycles. The molecule has 0 saturated heterocycles. The van der Waals surface area contributed by atoms with Crippen LogP contribution in [0.2, 0.25) is 0 Å². The SMILES string of the molecule is CC(C)(C)c1ccnc(-c2nc(C(F)(F)F)n[n-]2)c1.CC(C)(C)c1ccnc(-c2nc(C(F)(F)F)n[n-]2)c1.CC(C)(C)c1ccnc(-c2nc(C(F)(F)F)n[n-]2)c1.Cc1cc(-c2nccn2-c2ccccc2)[n-]n1.Cc1cc(-c2nccn2C(C)C)[n-]n1.Cc1cc(-c2nccn2C)[n-]n1.[Pt+2].[Pt+2].[Pt+2]. The van der Waals surface area contributed by atoms with Crippen molar-refractivity contribution >= 4 is 0 Å². The van der Waals surface area contributed by atoms with Crippen molar-refractivity contribution in [1.29, 1.82) is 0 Å². The molecule has 12 aromatic heterocycles. The van der Waals surface area contributed by atoms with Gasteiger partial charge in [-0.05, 0) is 134 Å². The molecule has 103 heavy (non-hydrogen) atoms. The standard InChI is InChI=1S/C13H11N4.3C12H12F3N4.C10H13N4.C8H9N4.3Pt/c1-10-9-12(16-15-10)13-14-7-8-17(13)11-5-3-2-4-6-11;3*1-11(2,3)7-4-5-16-8(6-7)9-17-10(19-18-9)12(13,14)15;1-7(2)14-5-4-11-10(14)9-6-8(3)12-13-9;1-6-5-7(11-10-6)8-9-3-4-12(8)2;;;/h2-9H,1H3;3*4-6H,1-3H3;4-7H,1-3H3;3-5H,1-2H3;;;/q6*-1;3*+2. The third-order valence-corrected chi connectivity index (χ3v) is 14.1. The zero-order valence-corrected chi connectivity index (χ0v) is 64.8. The molecule has 0 amide bonds. The number of imidazole rings is 3. The van der Waals surface area contributed by atoms with Gasteiger partial charge in [-0.1, -0.05) is 116 Å². The summed E-state index contributed by atoms with van der Waals surface area (Å²) >= 11 is 0. The number of para-hydroxylation sites is 1. The number of rotatable bonds is 8. The molecule has 0 atom stereocenters. The molecule has 36 heteroatoms. The van der Waals surface area contributed by atoms with E-state index in [0.717, 1.165) is 74.0 Å². The van der Waals surface area contributed by atoms with Crippen LogP contribution in [0.25, 0.3) is 74.8 Å². The number of hydrogen-bond acceptors (Lipinski definition) is 15. The predicted octanol–water partition coefficient (Wildman–Crippen LogP) is 13.2. The molecule has 1 aromatic carbocycles. The van der Waals surface area contributed by atoms with Crippen LogP contribution >= 0.6 is 0 Å². The number of benzene rings is 1. The second-order valence-corrected chi connectivity index (χ2v) is 25.6. The molecule has 24 nitrogen and oxygen atoms in total. The van der Waals surface area contributed by atoms with E-state index in [4.69, 9.17) is 0 Å².